The van der Waals surface area contributed by atoms with Gasteiger partial charge in [-0.3, -0.25) is 0 Å². The van der Waals surface area contributed by atoms with Crippen molar-refractivity contribution in [3.63, 3.8) is 0 Å². The van der Waals surface area contributed by atoms with Crippen molar-refractivity contribution in [2.75, 3.05) is 23.7 Å². The van der Waals surface area contributed by atoms with E-state index >= 15 is 0 Å². The normalized spacial score (nSPS) is 22.6. The SMILES string of the molecule is CCNc1cc(NCC2CCC(O)CC2)nc(CC)n1. The van der Waals surface area contributed by atoms with Crippen molar-refractivity contribution in [1.29, 1.82) is 0 Å². The third-order valence-electron chi connectivity index (χ3n) is 3.83. The van der Waals surface area contributed by atoms with Gasteiger partial charge in [-0.15, -0.1) is 0 Å². The van der Waals surface area contributed by atoms with Crippen LogP contribution in [0.1, 0.15) is 45.4 Å². The summed E-state index contributed by atoms with van der Waals surface area (Å²) >= 11 is 0. The summed E-state index contributed by atoms with van der Waals surface area (Å²) in [4.78, 5) is 8.97. The molecule has 1 saturated carbocycles. The molecular formula is C15H26N4O. The van der Waals surface area contributed by atoms with Gasteiger partial charge in [0.25, 0.3) is 0 Å². The fraction of sp³-hybridized carbons (Fsp3) is 0.733. The molecule has 0 amide bonds. The van der Waals surface area contributed by atoms with E-state index in [9.17, 15) is 5.11 Å². The van der Waals surface area contributed by atoms with E-state index in [4.69, 9.17) is 0 Å². The fourth-order valence-corrected chi connectivity index (χ4v) is 2.62. The lowest BCUT2D eigenvalue weighted by atomic mass is 9.87. The number of aromatic nitrogens is 2. The average molecular weight is 278 g/mol. The van der Waals surface area contributed by atoms with Gasteiger partial charge in [-0.25, -0.2) is 9.97 Å². The molecule has 1 aromatic rings. The number of aryl methyl sites for hydroxylation is 1. The molecule has 5 heteroatoms. The van der Waals surface area contributed by atoms with Crippen LogP contribution in [0.3, 0.4) is 0 Å². The van der Waals surface area contributed by atoms with Crippen LogP contribution < -0.4 is 10.6 Å². The average Bonchev–Trinajstić information content (AvgIpc) is 2.47. The fourth-order valence-electron chi connectivity index (χ4n) is 2.62. The Hall–Kier alpha value is -1.36. The van der Waals surface area contributed by atoms with Gasteiger partial charge in [0.05, 0.1) is 6.10 Å². The highest BCUT2D eigenvalue weighted by Gasteiger charge is 2.19. The van der Waals surface area contributed by atoms with Crippen molar-refractivity contribution in [2.24, 2.45) is 5.92 Å². The van der Waals surface area contributed by atoms with Crippen LogP contribution in [0.5, 0.6) is 0 Å². The molecule has 0 aromatic carbocycles. The van der Waals surface area contributed by atoms with Crippen molar-refractivity contribution in [3.8, 4) is 0 Å². The number of hydrogen-bond donors (Lipinski definition) is 3. The van der Waals surface area contributed by atoms with Crippen LogP contribution in [-0.4, -0.2) is 34.3 Å². The summed E-state index contributed by atoms with van der Waals surface area (Å²) in [5.74, 6) is 3.30. The molecule has 0 atom stereocenters. The number of nitrogens with one attached hydrogen (secondary N) is 2. The summed E-state index contributed by atoms with van der Waals surface area (Å²) in [7, 11) is 0. The topological polar surface area (TPSA) is 70.1 Å². The van der Waals surface area contributed by atoms with E-state index < -0.39 is 0 Å². The van der Waals surface area contributed by atoms with E-state index in [1.807, 2.05) is 6.07 Å². The third kappa shape index (κ3) is 4.34. The smallest absolute Gasteiger partial charge is 0.132 e. The maximum absolute atomic E-state index is 9.53. The zero-order valence-electron chi connectivity index (χ0n) is 12.5. The van der Waals surface area contributed by atoms with Gasteiger partial charge in [-0.2, -0.15) is 0 Å². The van der Waals surface area contributed by atoms with Gasteiger partial charge in [0.2, 0.25) is 0 Å². The van der Waals surface area contributed by atoms with E-state index in [2.05, 4.69) is 34.4 Å². The molecule has 1 aliphatic rings. The van der Waals surface area contributed by atoms with Crippen molar-refractivity contribution < 1.29 is 5.11 Å². The molecule has 3 N–H and O–H groups in total. The van der Waals surface area contributed by atoms with E-state index in [1.54, 1.807) is 0 Å². The largest absolute Gasteiger partial charge is 0.393 e. The van der Waals surface area contributed by atoms with Crippen molar-refractivity contribution >= 4 is 11.6 Å². The van der Waals surface area contributed by atoms with Gasteiger partial charge < -0.3 is 15.7 Å². The molecule has 1 heterocycles. The number of anilines is 2. The quantitative estimate of drug-likeness (QED) is 0.745. The lowest BCUT2D eigenvalue weighted by Gasteiger charge is -2.25. The van der Waals surface area contributed by atoms with Crippen LogP contribution in [0.25, 0.3) is 0 Å². The molecule has 112 valence electrons. The molecule has 2 rings (SSSR count). The monoisotopic (exact) mass is 278 g/mol. The van der Waals surface area contributed by atoms with Crippen molar-refractivity contribution in [3.05, 3.63) is 11.9 Å². The van der Waals surface area contributed by atoms with Crippen LogP contribution in [0.15, 0.2) is 6.07 Å². The summed E-state index contributed by atoms with van der Waals surface area (Å²) in [6.45, 7) is 5.92. The molecule has 0 saturated heterocycles. The summed E-state index contributed by atoms with van der Waals surface area (Å²) in [5, 5.41) is 16.2. The summed E-state index contributed by atoms with van der Waals surface area (Å²) in [6, 6.07) is 1.97. The number of aliphatic hydroxyl groups excluding tert-OH is 1. The molecule has 0 aliphatic heterocycles. The first-order valence-corrected chi connectivity index (χ1v) is 7.75. The van der Waals surface area contributed by atoms with Gasteiger partial charge >= 0.3 is 0 Å². The zero-order chi connectivity index (χ0) is 14.4. The maximum atomic E-state index is 9.53. The molecule has 1 aliphatic carbocycles. The van der Waals surface area contributed by atoms with Gasteiger partial charge in [-0.1, -0.05) is 6.92 Å². The van der Waals surface area contributed by atoms with Crippen LogP contribution in [0, 0.1) is 5.92 Å². The minimum Gasteiger partial charge on any atom is -0.393 e. The minimum atomic E-state index is -0.0858. The molecule has 1 fully saturated rings. The molecule has 0 unspecified atom stereocenters. The van der Waals surface area contributed by atoms with Crippen LogP contribution in [-0.2, 0) is 6.42 Å². The Balaban J connectivity index is 1.92. The summed E-state index contributed by atoms with van der Waals surface area (Å²) in [6.07, 6.45) is 4.80. The van der Waals surface area contributed by atoms with Gasteiger partial charge in [-0.05, 0) is 38.5 Å². The van der Waals surface area contributed by atoms with E-state index in [-0.39, 0.29) is 6.10 Å². The summed E-state index contributed by atoms with van der Waals surface area (Å²) < 4.78 is 0. The van der Waals surface area contributed by atoms with Gasteiger partial charge in [0, 0.05) is 25.6 Å². The number of hydrogen-bond acceptors (Lipinski definition) is 5. The molecule has 0 spiro atoms. The Morgan fingerprint density at radius 1 is 1.10 bits per heavy atom. The first-order valence-electron chi connectivity index (χ1n) is 7.75. The molecule has 20 heavy (non-hydrogen) atoms. The Morgan fingerprint density at radius 2 is 1.75 bits per heavy atom. The van der Waals surface area contributed by atoms with E-state index in [0.29, 0.717) is 5.92 Å². The molecule has 0 radical (unpaired) electrons. The summed E-state index contributed by atoms with van der Waals surface area (Å²) in [5.41, 5.74) is 0. The lowest BCUT2D eigenvalue weighted by molar-refractivity contribution is 0.111. The Labute approximate surface area is 121 Å². The highest BCUT2D eigenvalue weighted by Crippen LogP contribution is 2.24. The first kappa shape index (κ1) is 15.0. The van der Waals surface area contributed by atoms with Crippen LogP contribution in [0.4, 0.5) is 11.6 Å². The predicted molar refractivity (Wildman–Crippen MR) is 82.0 cm³/mol. The first-order chi connectivity index (χ1) is 9.71. The second kappa shape index (κ2) is 7.43. The number of aliphatic hydroxyl groups is 1. The Morgan fingerprint density at radius 3 is 2.35 bits per heavy atom. The van der Waals surface area contributed by atoms with E-state index in [0.717, 1.165) is 62.7 Å². The van der Waals surface area contributed by atoms with Crippen molar-refractivity contribution in [1.82, 2.24) is 9.97 Å². The highest BCUT2D eigenvalue weighted by atomic mass is 16.3. The van der Waals surface area contributed by atoms with Crippen LogP contribution in [0.2, 0.25) is 0 Å². The molecular weight excluding hydrogens is 252 g/mol. The number of nitrogens with zero attached hydrogens (tertiary/aromatic N) is 2. The van der Waals surface area contributed by atoms with Crippen LogP contribution >= 0.6 is 0 Å². The Bertz CT molecular complexity index is 416. The highest BCUT2D eigenvalue weighted by molar-refractivity contribution is 5.47. The predicted octanol–water partition coefficient (Wildman–Crippen LogP) is 2.43. The van der Waals surface area contributed by atoms with Crippen molar-refractivity contribution in [2.45, 2.75) is 52.1 Å². The minimum absolute atomic E-state index is 0.0858. The standard InChI is InChI=1S/C15H26N4O/c1-3-13-18-14(16-4-2)9-15(19-13)17-10-11-5-7-12(20)8-6-11/h9,11-12,20H,3-8,10H2,1-2H3,(H2,16,17,18,19). The van der Waals surface area contributed by atoms with Gasteiger partial charge in [0.1, 0.15) is 17.5 Å². The maximum Gasteiger partial charge on any atom is 0.132 e. The molecule has 5 nitrogen and oxygen atoms in total. The van der Waals surface area contributed by atoms with Gasteiger partial charge in [0.15, 0.2) is 0 Å². The number of rotatable bonds is 6. The second-order valence-electron chi connectivity index (χ2n) is 5.49. The molecule has 1 aromatic heterocycles. The lowest BCUT2D eigenvalue weighted by Crippen LogP contribution is -2.24. The second-order valence-corrected chi connectivity index (χ2v) is 5.49. The van der Waals surface area contributed by atoms with E-state index in [1.165, 1.54) is 0 Å². The molecule has 0 bridgehead atoms. The zero-order valence-corrected chi connectivity index (χ0v) is 12.5. The Kier molecular flexibility index (Phi) is 5.59. The third-order valence-corrected chi connectivity index (χ3v) is 3.83.